The number of H-pyrrole nitrogens is 1. The number of ether oxygens (including phenoxy) is 4. The van der Waals surface area contributed by atoms with E-state index in [1.807, 2.05) is 47.4 Å². The number of hydrogen-bond acceptors (Lipinski definition) is 6. The van der Waals surface area contributed by atoms with Crippen molar-refractivity contribution in [2.75, 3.05) is 41.0 Å². The van der Waals surface area contributed by atoms with E-state index < -0.39 is 0 Å². The summed E-state index contributed by atoms with van der Waals surface area (Å²) < 4.78 is 21.9. The van der Waals surface area contributed by atoms with Gasteiger partial charge in [-0.3, -0.25) is 4.79 Å². The van der Waals surface area contributed by atoms with E-state index in [9.17, 15) is 4.79 Å². The molecule has 9 heteroatoms. The second-order valence-electron chi connectivity index (χ2n) is 8.76. The van der Waals surface area contributed by atoms with Crippen LogP contribution >= 0.6 is 12.2 Å². The zero-order valence-corrected chi connectivity index (χ0v) is 21.8. The number of nitrogens with one attached hydrogen (secondary N) is 2. The van der Waals surface area contributed by atoms with E-state index in [1.54, 1.807) is 21.3 Å². The van der Waals surface area contributed by atoms with Crippen molar-refractivity contribution in [1.82, 2.24) is 15.2 Å². The van der Waals surface area contributed by atoms with Crippen molar-refractivity contribution < 1.29 is 18.9 Å². The number of aromatic amines is 1. The van der Waals surface area contributed by atoms with Crippen molar-refractivity contribution in [3.63, 3.8) is 0 Å². The molecule has 36 heavy (non-hydrogen) atoms. The third-order valence-corrected chi connectivity index (χ3v) is 6.77. The first kappa shape index (κ1) is 25.8. The zero-order chi connectivity index (χ0) is 25.5. The van der Waals surface area contributed by atoms with Crippen LogP contribution in [0.3, 0.4) is 0 Å². The van der Waals surface area contributed by atoms with E-state index >= 15 is 0 Å². The highest BCUT2D eigenvalue weighted by molar-refractivity contribution is 7.80. The first-order valence-electron chi connectivity index (χ1n) is 12.1. The Bertz CT molecular complexity index is 1260. The lowest BCUT2D eigenvalue weighted by atomic mass is 10.1. The maximum Gasteiger partial charge on any atom is 0.253 e. The standard InChI is InChI=1S/C27H33N3O5S/c1-32-21-7-8-23-19(15-21)14-20(26(31)29-23)16-30(17-22-5-4-12-35-22)27(36)28-11-10-18-6-9-24(33-2)25(13-18)34-3/h6-9,13-15,22H,4-5,10-12,16-17H2,1-3H3,(H,28,36)(H,29,31). The number of thiocarbonyl (C=S) groups is 1. The van der Waals surface area contributed by atoms with E-state index in [2.05, 4.69) is 10.3 Å². The monoisotopic (exact) mass is 511 g/mol. The molecule has 0 saturated carbocycles. The van der Waals surface area contributed by atoms with Crippen molar-refractivity contribution in [2.45, 2.75) is 31.9 Å². The first-order valence-corrected chi connectivity index (χ1v) is 12.5. The molecule has 8 nitrogen and oxygen atoms in total. The molecule has 0 spiro atoms. The minimum absolute atomic E-state index is 0.0928. The highest BCUT2D eigenvalue weighted by Gasteiger charge is 2.22. The number of benzene rings is 2. The van der Waals surface area contributed by atoms with E-state index in [1.165, 1.54) is 0 Å². The third-order valence-electron chi connectivity index (χ3n) is 6.36. The van der Waals surface area contributed by atoms with Gasteiger partial charge in [0.1, 0.15) is 5.75 Å². The van der Waals surface area contributed by atoms with Gasteiger partial charge in [0.25, 0.3) is 5.56 Å². The van der Waals surface area contributed by atoms with Gasteiger partial charge in [-0.2, -0.15) is 0 Å². The summed E-state index contributed by atoms with van der Waals surface area (Å²) in [7, 11) is 4.88. The number of pyridine rings is 1. The Morgan fingerprint density at radius 3 is 2.67 bits per heavy atom. The Morgan fingerprint density at radius 1 is 1.11 bits per heavy atom. The van der Waals surface area contributed by atoms with Crippen molar-refractivity contribution in [3.8, 4) is 17.2 Å². The lowest BCUT2D eigenvalue weighted by Gasteiger charge is -2.28. The van der Waals surface area contributed by atoms with Gasteiger partial charge in [-0.15, -0.1) is 0 Å². The molecule has 2 N–H and O–H groups in total. The summed E-state index contributed by atoms with van der Waals surface area (Å²) in [5.41, 5.74) is 2.38. The SMILES string of the molecule is COc1ccc2[nH]c(=O)c(CN(CC3CCCO3)C(=S)NCCc3ccc(OC)c(OC)c3)cc2c1. The topological polar surface area (TPSA) is 85.1 Å². The first-order chi connectivity index (χ1) is 17.5. The fraction of sp³-hybridized carbons (Fsp3) is 0.407. The van der Waals surface area contributed by atoms with Crippen LogP contribution in [0, 0.1) is 0 Å². The number of nitrogens with zero attached hydrogens (tertiary/aromatic N) is 1. The van der Waals surface area contributed by atoms with Gasteiger partial charge in [-0.05, 0) is 73.4 Å². The molecule has 0 bridgehead atoms. The summed E-state index contributed by atoms with van der Waals surface area (Å²) in [4.78, 5) is 17.9. The number of fused-ring (bicyclic) bond motifs is 1. The van der Waals surface area contributed by atoms with Gasteiger partial charge in [-0.25, -0.2) is 0 Å². The van der Waals surface area contributed by atoms with Crippen molar-refractivity contribution in [1.29, 1.82) is 0 Å². The van der Waals surface area contributed by atoms with Crippen molar-refractivity contribution in [2.24, 2.45) is 0 Å². The second-order valence-corrected chi connectivity index (χ2v) is 9.15. The Morgan fingerprint density at radius 2 is 1.94 bits per heavy atom. The molecule has 1 aliphatic rings. The third kappa shape index (κ3) is 6.27. The predicted octanol–water partition coefficient (Wildman–Crippen LogP) is 3.65. The molecule has 0 aliphatic carbocycles. The van der Waals surface area contributed by atoms with Crippen LogP contribution in [0.2, 0.25) is 0 Å². The highest BCUT2D eigenvalue weighted by atomic mass is 32.1. The average molecular weight is 512 g/mol. The largest absolute Gasteiger partial charge is 0.497 e. The van der Waals surface area contributed by atoms with Gasteiger partial charge >= 0.3 is 0 Å². The molecular formula is C27H33N3O5S. The van der Waals surface area contributed by atoms with Crippen LogP contribution < -0.4 is 25.1 Å². The minimum atomic E-state index is -0.127. The summed E-state index contributed by atoms with van der Waals surface area (Å²) in [5.74, 6) is 2.14. The molecule has 0 amide bonds. The van der Waals surface area contributed by atoms with E-state index in [-0.39, 0.29) is 11.7 Å². The molecule has 2 aromatic carbocycles. The Labute approximate surface area is 216 Å². The predicted molar refractivity (Wildman–Crippen MR) is 144 cm³/mol. The number of methoxy groups -OCH3 is 3. The van der Waals surface area contributed by atoms with Crippen LogP contribution in [0.25, 0.3) is 10.9 Å². The van der Waals surface area contributed by atoms with E-state index in [0.717, 1.165) is 48.1 Å². The Balaban J connectivity index is 1.47. The summed E-state index contributed by atoms with van der Waals surface area (Å²) in [6.45, 7) is 2.40. The lowest BCUT2D eigenvalue weighted by Crippen LogP contribution is -2.44. The van der Waals surface area contributed by atoms with Gasteiger partial charge in [0.2, 0.25) is 0 Å². The fourth-order valence-corrected chi connectivity index (χ4v) is 4.64. The molecule has 1 unspecified atom stereocenters. The second kappa shape index (κ2) is 12.1. The molecule has 2 heterocycles. The summed E-state index contributed by atoms with van der Waals surface area (Å²) in [6.07, 6.45) is 2.87. The Kier molecular flexibility index (Phi) is 8.66. The maximum atomic E-state index is 12.9. The van der Waals surface area contributed by atoms with Crippen LogP contribution in [-0.2, 0) is 17.7 Å². The number of aromatic nitrogens is 1. The van der Waals surface area contributed by atoms with Crippen molar-refractivity contribution >= 4 is 28.2 Å². The average Bonchev–Trinajstić information content (AvgIpc) is 3.41. The van der Waals surface area contributed by atoms with Crippen LogP contribution in [0.1, 0.15) is 24.0 Å². The molecule has 1 atom stereocenters. The van der Waals surface area contributed by atoms with E-state index in [4.69, 9.17) is 31.2 Å². The highest BCUT2D eigenvalue weighted by Crippen LogP contribution is 2.27. The van der Waals surface area contributed by atoms with Gasteiger partial charge in [0.05, 0.1) is 34.0 Å². The van der Waals surface area contributed by atoms with Crippen LogP contribution in [0.5, 0.6) is 17.2 Å². The Hall–Kier alpha value is -3.30. The van der Waals surface area contributed by atoms with Crippen LogP contribution in [0.15, 0.2) is 47.3 Å². The van der Waals surface area contributed by atoms with Crippen molar-refractivity contribution in [3.05, 3.63) is 63.9 Å². The quantitative estimate of drug-likeness (QED) is 0.399. The summed E-state index contributed by atoms with van der Waals surface area (Å²) in [6, 6.07) is 13.4. The number of rotatable bonds is 10. The molecule has 192 valence electrons. The fourth-order valence-electron chi connectivity index (χ4n) is 4.40. The molecule has 1 fully saturated rings. The van der Waals surface area contributed by atoms with Gasteiger partial charge < -0.3 is 34.1 Å². The molecule has 3 aromatic rings. The minimum Gasteiger partial charge on any atom is -0.497 e. The summed E-state index contributed by atoms with van der Waals surface area (Å²) >= 11 is 5.77. The van der Waals surface area contributed by atoms with Gasteiger partial charge in [0, 0.05) is 36.2 Å². The zero-order valence-electron chi connectivity index (χ0n) is 21.0. The molecule has 1 aliphatic heterocycles. The molecule has 1 aromatic heterocycles. The molecular weight excluding hydrogens is 478 g/mol. The molecule has 1 saturated heterocycles. The van der Waals surface area contributed by atoms with Crippen LogP contribution in [-0.4, -0.2) is 62.1 Å². The van der Waals surface area contributed by atoms with Gasteiger partial charge in [0.15, 0.2) is 16.6 Å². The summed E-state index contributed by atoms with van der Waals surface area (Å²) in [5, 5.41) is 4.87. The molecule has 4 rings (SSSR count). The van der Waals surface area contributed by atoms with Crippen LogP contribution in [0.4, 0.5) is 0 Å². The van der Waals surface area contributed by atoms with Gasteiger partial charge in [-0.1, -0.05) is 6.07 Å². The lowest BCUT2D eigenvalue weighted by molar-refractivity contribution is 0.0897. The maximum absolute atomic E-state index is 12.9. The molecule has 0 radical (unpaired) electrons. The van der Waals surface area contributed by atoms with E-state index in [0.29, 0.717) is 41.8 Å². The number of hydrogen-bond donors (Lipinski definition) is 2. The smallest absolute Gasteiger partial charge is 0.253 e. The normalized spacial score (nSPS) is 15.0.